The van der Waals surface area contributed by atoms with Gasteiger partial charge in [0.25, 0.3) is 5.91 Å². The van der Waals surface area contributed by atoms with E-state index in [1.807, 2.05) is 30.8 Å². The summed E-state index contributed by atoms with van der Waals surface area (Å²) in [4.78, 5) is 35.8. The number of aromatic nitrogens is 1. The molecule has 1 aromatic rings. The summed E-state index contributed by atoms with van der Waals surface area (Å²) in [5.74, 6) is 0.621. The Morgan fingerprint density at radius 3 is 2.89 bits per heavy atom. The molecule has 0 bridgehead atoms. The molecular weight excluding hydrogens is 356 g/mol. The number of likely N-dealkylation sites (tertiary alicyclic amines) is 2. The molecular formula is C21H32N4O3. The fourth-order valence-electron chi connectivity index (χ4n) is 4.32. The number of piperidine rings is 2. The summed E-state index contributed by atoms with van der Waals surface area (Å²) in [5.41, 5.74) is 0.528. The fourth-order valence-corrected chi connectivity index (χ4v) is 4.32. The van der Waals surface area contributed by atoms with E-state index in [4.69, 9.17) is 4.74 Å². The molecule has 2 aliphatic rings. The molecule has 1 aromatic heterocycles. The number of pyridine rings is 1. The largest absolute Gasteiger partial charge is 0.477 e. The molecule has 0 aromatic carbocycles. The maximum absolute atomic E-state index is 13.2. The lowest BCUT2D eigenvalue weighted by molar-refractivity contribution is -0.139. The molecule has 3 rings (SSSR count). The molecule has 1 atom stereocenters. The van der Waals surface area contributed by atoms with Crippen LogP contribution in [0.2, 0.25) is 0 Å². The van der Waals surface area contributed by atoms with E-state index in [1.165, 1.54) is 0 Å². The van der Waals surface area contributed by atoms with Crippen LogP contribution in [0.25, 0.3) is 0 Å². The summed E-state index contributed by atoms with van der Waals surface area (Å²) in [7, 11) is 4.05. The first kappa shape index (κ1) is 20.6. The Labute approximate surface area is 167 Å². The second-order valence-corrected chi connectivity index (χ2v) is 8.24. The number of rotatable bonds is 6. The minimum atomic E-state index is -0.0210. The van der Waals surface area contributed by atoms with Crippen molar-refractivity contribution in [2.45, 2.75) is 32.6 Å². The van der Waals surface area contributed by atoms with Gasteiger partial charge in [0, 0.05) is 50.8 Å². The number of hydrogen-bond acceptors (Lipinski definition) is 5. The molecule has 2 fully saturated rings. The average Bonchev–Trinajstić information content (AvgIpc) is 2.69. The van der Waals surface area contributed by atoms with Crippen LogP contribution in [0.3, 0.4) is 0 Å². The minimum Gasteiger partial charge on any atom is -0.477 e. The molecule has 154 valence electrons. The zero-order valence-electron chi connectivity index (χ0n) is 17.3. The van der Waals surface area contributed by atoms with Crippen LogP contribution in [0.4, 0.5) is 0 Å². The van der Waals surface area contributed by atoms with Gasteiger partial charge in [0.15, 0.2) is 0 Å². The second kappa shape index (κ2) is 8.90. The summed E-state index contributed by atoms with van der Waals surface area (Å²) in [5, 5.41) is 0. The van der Waals surface area contributed by atoms with Gasteiger partial charge < -0.3 is 19.4 Å². The van der Waals surface area contributed by atoms with Crippen molar-refractivity contribution in [3.63, 3.8) is 0 Å². The summed E-state index contributed by atoms with van der Waals surface area (Å²) in [6, 6.07) is 3.56. The van der Waals surface area contributed by atoms with Gasteiger partial charge in [0.05, 0.1) is 6.61 Å². The molecule has 0 aliphatic carbocycles. The van der Waals surface area contributed by atoms with Crippen LogP contribution >= 0.6 is 0 Å². The van der Waals surface area contributed by atoms with Gasteiger partial charge in [-0.25, -0.2) is 4.98 Å². The second-order valence-electron chi connectivity index (χ2n) is 8.24. The van der Waals surface area contributed by atoms with Crippen molar-refractivity contribution in [3.8, 4) is 5.88 Å². The van der Waals surface area contributed by atoms with Crippen LogP contribution < -0.4 is 4.74 Å². The van der Waals surface area contributed by atoms with E-state index >= 15 is 0 Å². The van der Waals surface area contributed by atoms with Gasteiger partial charge in [-0.3, -0.25) is 9.59 Å². The third-order valence-electron chi connectivity index (χ3n) is 5.80. The monoisotopic (exact) mass is 388 g/mol. The SMILES string of the molecule is CCOc1ncccc1C(=O)N1CCC[C@@]2(CCC(=O)N(CCN(C)C)C2)C1. The number of amides is 2. The molecule has 3 heterocycles. The third-order valence-corrected chi connectivity index (χ3v) is 5.80. The summed E-state index contributed by atoms with van der Waals surface area (Å²) in [6.07, 6.45) is 5.11. The summed E-state index contributed by atoms with van der Waals surface area (Å²) in [6.45, 7) is 6.15. The number of nitrogens with zero attached hydrogens (tertiary/aromatic N) is 4. The van der Waals surface area contributed by atoms with Crippen LogP contribution in [0, 0.1) is 5.41 Å². The quantitative estimate of drug-likeness (QED) is 0.745. The highest BCUT2D eigenvalue weighted by atomic mass is 16.5. The molecule has 7 nitrogen and oxygen atoms in total. The van der Waals surface area contributed by atoms with Gasteiger partial charge in [0.2, 0.25) is 11.8 Å². The maximum atomic E-state index is 13.2. The molecule has 28 heavy (non-hydrogen) atoms. The topological polar surface area (TPSA) is 66.0 Å². The number of carbonyl (C=O) groups excluding carboxylic acids is 2. The van der Waals surface area contributed by atoms with E-state index in [-0.39, 0.29) is 17.2 Å². The van der Waals surface area contributed by atoms with Crippen LogP contribution in [0.15, 0.2) is 18.3 Å². The minimum absolute atomic E-state index is 0.00210. The highest BCUT2D eigenvalue weighted by molar-refractivity contribution is 5.96. The maximum Gasteiger partial charge on any atom is 0.259 e. The lowest BCUT2D eigenvalue weighted by Gasteiger charge is -2.48. The highest BCUT2D eigenvalue weighted by Gasteiger charge is 2.43. The van der Waals surface area contributed by atoms with Crippen molar-refractivity contribution < 1.29 is 14.3 Å². The van der Waals surface area contributed by atoms with Gasteiger partial charge >= 0.3 is 0 Å². The van der Waals surface area contributed by atoms with E-state index in [0.717, 1.165) is 45.4 Å². The predicted molar refractivity (Wildman–Crippen MR) is 107 cm³/mol. The number of carbonyl (C=O) groups is 2. The molecule has 2 saturated heterocycles. The molecule has 0 saturated carbocycles. The van der Waals surface area contributed by atoms with Crippen molar-refractivity contribution in [3.05, 3.63) is 23.9 Å². The summed E-state index contributed by atoms with van der Waals surface area (Å²) >= 11 is 0. The smallest absolute Gasteiger partial charge is 0.259 e. The van der Waals surface area contributed by atoms with Crippen molar-refractivity contribution in [1.29, 1.82) is 0 Å². The standard InChI is InChI=1S/C21H32N4O3/c1-4-28-19-17(7-5-11-22-19)20(27)25-12-6-9-21(16-25)10-8-18(26)24(15-21)14-13-23(2)3/h5,7,11H,4,6,8-10,12-16H2,1-3H3/t21-/m0/s1. The Morgan fingerprint density at radius 1 is 1.32 bits per heavy atom. The van der Waals surface area contributed by atoms with Gasteiger partial charge in [-0.1, -0.05) is 0 Å². The van der Waals surface area contributed by atoms with Crippen LogP contribution in [0.1, 0.15) is 43.0 Å². The Hall–Kier alpha value is -2.15. The van der Waals surface area contributed by atoms with E-state index in [9.17, 15) is 9.59 Å². The van der Waals surface area contributed by atoms with Crippen molar-refractivity contribution in [2.24, 2.45) is 5.41 Å². The number of hydrogen-bond donors (Lipinski definition) is 0. The predicted octanol–water partition coefficient (Wildman–Crippen LogP) is 1.89. The molecule has 0 unspecified atom stereocenters. The van der Waals surface area contributed by atoms with E-state index in [2.05, 4.69) is 9.88 Å². The molecule has 7 heteroatoms. The van der Waals surface area contributed by atoms with Crippen LogP contribution in [-0.2, 0) is 4.79 Å². The Balaban J connectivity index is 1.73. The Morgan fingerprint density at radius 2 is 2.14 bits per heavy atom. The zero-order valence-corrected chi connectivity index (χ0v) is 17.3. The lowest BCUT2D eigenvalue weighted by atomic mass is 9.73. The van der Waals surface area contributed by atoms with Crippen molar-refractivity contribution >= 4 is 11.8 Å². The molecule has 2 aliphatic heterocycles. The molecule has 0 N–H and O–H groups in total. The Bertz CT molecular complexity index is 709. The average molecular weight is 389 g/mol. The lowest BCUT2D eigenvalue weighted by Crippen LogP contribution is -2.55. The fraction of sp³-hybridized carbons (Fsp3) is 0.667. The third kappa shape index (κ3) is 4.63. The van der Waals surface area contributed by atoms with Crippen molar-refractivity contribution in [2.75, 3.05) is 53.4 Å². The van der Waals surface area contributed by atoms with Crippen LogP contribution in [0.5, 0.6) is 5.88 Å². The van der Waals surface area contributed by atoms with Gasteiger partial charge in [0.1, 0.15) is 5.56 Å². The van der Waals surface area contributed by atoms with E-state index in [0.29, 0.717) is 31.0 Å². The van der Waals surface area contributed by atoms with Gasteiger partial charge in [-0.05, 0) is 52.4 Å². The Kier molecular flexibility index (Phi) is 6.54. The molecule has 0 radical (unpaired) electrons. The first-order valence-corrected chi connectivity index (χ1v) is 10.2. The van der Waals surface area contributed by atoms with Crippen LogP contribution in [-0.4, -0.2) is 84.9 Å². The zero-order chi connectivity index (χ0) is 20.1. The first-order chi connectivity index (χ1) is 13.4. The van der Waals surface area contributed by atoms with Gasteiger partial charge in [-0.2, -0.15) is 0 Å². The van der Waals surface area contributed by atoms with Crippen molar-refractivity contribution in [1.82, 2.24) is 19.7 Å². The number of ether oxygens (including phenoxy) is 1. The first-order valence-electron chi connectivity index (χ1n) is 10.2. The van der Waals surface area contributed by atoms with Gasteiger partial charge in [-0.15, -0.1) is 0 Å². The summed E-state index contributed by atoms with van der Waals surface area (Å²) < 4.78 is 5.56. The molecule has 2 amide bonds. The van der Waals surface area contributed by atoms with E-state index in [1.54, 1.807) is 18.3 Å². The highest BCUT2D eigenvalue weighted by Crippen LogP contribution is 2.39. The van der Waals surface area contributed by atoms with E-state index < -0.39 is 0 Å². The normalized spacial score (nSPS) is 22.8. The molecule has 1 spiro atoms. The number of likely N-dealkylation sites (N-methyl/N-ethyl adjacent to an activating group) is 1.